The summed E-state index contributed by atoms with van der Waals surface area (Å²) < 4.78 is 5.81. The highest BCUT2D eigenvalue weighted by atomic mass is 16.5. The minimum absolute atomic E-state index is 0.0449. The number of nitrogen functional groups attached to an aromatic ring is 1. The molecule has 1 aromatic rings. The van der Waals surface area contributed by atoms with Crippen LogP contribution in [0.4, 0.5) is 11.4 Å². The van der Waals surface area contributed by atoms with Crippen LogP contribution in [0.25, 0.3) is 0 Å². The Labute approximate surface area is 120 Å². The average molecular weight is 276 g/mol. The summed E-state index contributed by atoms with van der Waals surface area (Å²) >= 11 is 0. The first-order valence-electron chi connectivity index (χ1n) is 7.51. The van der Waals surface area contributed by atoms with E-state index < -0.39 is 0 Å². The van der Waals surface area contributed by atoms with E-state index in [9.17, 15) is 4.79 Å². The fourth-order valence-corrected chi connectivity index (χ4v) is 2.55. The van der Waals surface area contributed by atoms with Crippen molar-refractivity contribution in [2.75, 3.05) is 17.7 Å². The number of ether oxygens (including phenoxy) is 1. The van der Waals surface area contributed by atoms with Crippen LogP contribution >= 0.6 is 0 Å². The summed E-state index contributed by atoms with van der Waals surface area (Å²) in [7, 11) is 0. The van der Waals surface area contributed by atoms with Crippen LogP contribution in [-0.2, 0) is 9.53 Å². The Bertz CT molecular complexity index is 426. The van der Waals surface area contributed by atoms with Crippen molar-refractivity contribution in [3.8, 4) is 0 Å². The van der Waals surface area contributed by atoms with Crippen LogP contribution in [0.15, 0.2) is 24.3 Å². The van der Waals surface area contributed by atoms with E-state index in [2.05, 4.69) is 5.32 Å². The van der Waals surface area contributed by atoms with Crippen LogP contribution in [0.5, 0.6) is 0 Å². The minimum atomic E-state index is -0.0449. The second-order valence-corrected chi connectivity index (χ2v) is 5.37. The number of hydrogen-bond acceptors (Lipinski definition) is 3. The molecule has 1 aromatic carbocycles. The highest BCUT2D eigenvalue weighted by Gasteiger charge is 2.13. The molecule has 0 unspecified atom stereocenters. The van der Waals surface area contributed by atoms with Gasteiger partial charge in [0.2, 0.25) is 5.91 Å². The normalized spacial score (nSPS) is 16.6. The number of nitrogens with one attached hydrogen (secondary N) is 1. The Kier molecular flexibility index (Phi) is 5.87. The number of amides is 1. The number of para-hydroxylation sites is 2. The predicted molar refractivity (Wildman–Crippen MR) is 81.5 cm³/mol. The quantitative estimate of drug-likeness (QED) is 0.640. The molecular weight excluding hydrogens is 252 g/mol. The second-order valence-electron chi connectivity index (χ2n) is 5.37. The van der Waals surface area contributed by atoms with Gasteiger partial charge in [0.1, 0.15) is 0 Å². The molecule has 0 spiro atoms. The number of benzene rings is 1. The number of rotatable bonds is 5. The maximum atomic E-state index is 11.8. The molecule has 0 aromatic heterocycles. The van der Waals surface area contributed by atoms with Crippen molar-refractivity contribution in [2.45, 2.75) is 51.0 Å². The maximum absolute atomic E-state index is 11.8. The summed E-state index contributed by atoms with van der Waals surface area (Å²) in [6, 6.07) is 7.28. The van der Waals surface area contributed by atoms with Crippen LogP contribution in [0, 0.1) is 0 Å². The predicted octanol–water partition coefficient (Wildman–Crippen LogP) is 3.34. The lowest BCUT2D eigenvalue weighted by atomic mass is 10.1. The van der Waals surface area contributed by atoms with Gasteiger partial charge in [0.15, 0.2) is 0 Å². The zero-order valence-electron chi connectivity index (χ0n) is 11.9. The molecule has 4 nitrogen and oxygen atoms in total. The molecule has 0 saturated heterocycles. The average Bonchev–Trinajstić information content (AvgIpc) is 2.70. The molecule has 4 heteroatoms. The van der Waals surface area contributed by atoms with Gasteiger partial charge in [0.05, 0.1) is 30.5 Å². The zero-order valence-corrected chi connectivity index (χ0v) is 11.9. The van der Waals surface area contributed by atoms with E-state index in [1.165, 1.54) is 25.7 Å². The van der Waals surface area contributed by atoms with Crippen LogP contribution in [0.2, 0.25) is 0 Å². The van der Waals surface area contributed by atoms with E-state index in [-0.39, 0.29) is 5.91 Å². The van der Waals surface area contributed by atoms with Gasteiger partial charge in [-0.25, -0.2) is 0 Å². The summed E-state index contributed by atoms with van der Waals surface area (Å²) in [5.41, 5.74) is 7.05. The molecule has 1 aliphatic carbocycles. The van der Waals surface area contributed by atoms with Gasteiger partial charge in [-0.3, -0.25) is 4.79 Å². The number of carbonyl (C=O) groups excluding carboxylic acids is 1. The van der Waals surface area contributed by atoms with E-state index in [0.717, 1.165) is 12.8 Å². The van der Waals surface area contributed by atoms with E-state index in [4.69, 9.17) is 10.5 Å². The lowest BCUT2D eigenvalue weighted by Gasteiger charge is -2.15. The molecular formula is C16H24N2O2. The van der Waals surface area contributed by atoms with Gasteiger partial charge < -0.3 is 15.8 Å². The molecule has 3 N–H and O–H groups in total. The second kappa shape index (κ2) is 7.90. The molecule has 20 heavy (non-hydrogen) atoms. The molecule has 1 aliphatic rings. The van der Waals surface area contributed by atoms with Gasteiger partial charge in [-0.1, -0.05) is 37.8 Å². The highest BCUT2D eigenvalue weighted by molar-refractivity contribution is 5.93. The van der Waals surface area contributed by atoms with Crippen molar-refractivity contribution in [3.05, 3.63) is 24.3 Å². The first-order chi connectivity index (χ1) is 9.75. The van der Waals surface area contributed by atoms with E-state index in [0.29, 0.717) is 30.5 Å². The topological polar surface area (TPSA) is 64.3 Å². The molecule has 1 fully saturated rings. The van der Waals surface area contributed by atoms with Crippen molar-refractivity contribution >= 4 is 17.3 Å². The maximum Gasteiger partial charge on any atom is 0.226 e. The third-order valence-electron chi connectivity index (χ3n) is 3.72. The highest BCUT2D eigenvalue weighted by Crippen LogP contribution is 2.20. The number of nitrogens with two attached hydrogens (primary N) is 1. The lowest BCUT2D eigenvalue weighted by Crippen LogP contribution is -2.18. The molecule has 0 heterocycles. The standard InChI is InChI=1S/C16H24N2O2/c17-14-9-5-6-10-15(14)18-16(19)11-12-20-13-7-3-1-2-4-8-13/h5-6,9-10,13H,1-4,7-8,11-12,17H2,(H,18,19). The van der Waals surface area contributed by atoms with E-state index in [1.54, 1.807) is 12.1 Å². The van der Waals surface area contributed by atoms with Gasteiger partial charge in [-0.15, -0.1) is 0 Å². The van der Waals surface area contributed by atoms with Crippen LogP contribution < -0.4 is 11.1 Å². The molecule has 0 aliphatic heterocycles. The smallest absolute Gasteiger partial charge is 0.226 e. The Morgan fingerprint density at radius 3 is 2.60 bits per heavy atom. The van der Waals surface area contributed by atoms with E-state index in [1.807, 2.05) is 12.1 Å². The van der Waals surface area contributed by atoms with E-state index >= 15 is 0 Å². The number of carbonyl (C=O) groups is 1. The molecule has 1 amide bonds. The first kappa shape index (κ1) is 14.9. The van der Waals surface area contributed by atoms with Gasteiger partial charge in [0.25, 0.3) is 0 Å². The molecule has 1 saturated carbocycles. The minimum Gasteiger partial charge on any atom is -0.397 e. The monoisotopic (exact) mass is 276 g/mol. The third kappa shape index (κ3) is 4.85. The van der Waals surface area contributed by atoms with Crippen LogP contribution in [-0.4, -0.2) is 18.6 Å². The zero-order chi connectivity index (χ0) is 14.2. The molecule has 0 radical (unpaired) electrons. The Balaban J connectivity index is 1.68. The lowest BCUT2D eigenvalue weighted by molar-refractivity contribution is -0.117. The van der Waals surface area contributed by atoms with Gasteiger partial charge in [-0.2, -0.15) is 0 Å². The summed E-state index contributed by atoms with van der Waals surface area (Å²) in [6.45, 7) is 0.489. The van der Waals surface area contributed by atoms with Crippen molar-refractivity contribution in [3.63, 3.8) is 0 Å². The molecule has 2 rings (SSSR count). The van der Waals surface area contributed by atoms with Crippen molar-refractivity contribution in [1.29, 1.82) is 0 Å². The number of anilines is 2. The summed E-state index contributed by atoms with van der Waals surface area (Å²) in [5.74, 6) is -0.0449. The van der Waals surface area contributed by atoms with Crippen molar-refractivity contribution in [1.82, 2.24) is 0 Å². The third-order valence-corrected chi connectivity index (χ3v) is 3.72. The fourth-order valence-electron chi connectivity index (χ4n) is 2.55. The molecule has 110 valence electrons. The molecule has 0 bridgehead atoms. The SMILES string of the molecule is Nc1ccccc1NC(=O)CCOC1CCCCCC1. The van der Waals surface area contributed by atoms with Gasteiger partial charge in [-0.05, 0) is 25.0 Å². The summed E-state index contributed by atoms with van der Waals surface area (Å²) in [4.78, 5) is 11.8. The number of hydrogen-bond donors (Lipinski definition) is 2. The van der Waals surface area contributed by atoms with Crippen LogP contribution in [0.3, 0.4) is 0 Å². The summed E-state index contributed by atoms with van der Waals surface area (Å²) in [5, 5.41) is 2.82. The Hall–Kier alpha value is -1.55. The van der Waals surface area contributed by atoms with Crippen LogP contribution in [0.1, 0.15) is 44.9 Å². The van der Waals surface area contributed by atoms with Crippen molar-refractivity contribution in [2.24, 2.45) is 0 Å². The van der Waals surface area contributed by atoms with Gasteiger partial charge >= 0.3 is 0 Å². The Morgan fingerprint density at radius 2 is 1.90 bits per heavy atom. The fraction of sp³-hybridized carbons (Fsp3) is 0.562. The first-order valence-corrected chi connectivity index (χ1v) is 7.51. The largest absolute Gasteiger partial charge is 0.397 e. The Morgan fingerprint density at radius 1 is 1.20 bits per heavy atom. The van der Waals surface area contributed by atoms with Crippen molar-refractivity contribution < 1.29 is 9.53 Å². The molecule has 0 atom stereocenters. The summed E-state index contributed by atoms with van der Waals surface area (Å²) in [6.07, 6.45) is 8.11. The van der Waals surface area contributed by atoms with Gasteiger partial charge in [0, 0.05) is 0 Å².